The Balaban J connectivity index is 1.93. The number of rotatable bonds is 3. The number of halogens is 1. The van der Waals surface area contributed by atoms with Crippen LogP contribution in [0.5, 0.6) is 0 Å². The van der Waals surface area contributed by atoms with Gasteiger partial charge in [-0.25, -0.2) is 0 Å². The van der Waals surface area contributed by atoms with Crippen molar-refractivity contribution in [2.24, 2.45) is 13.0 Å². The molecule has 1 N–H and O–H groups in total. The first-order chi connectivity index (χ1) is 7.08. The fourth-order valence-electron chi connectivity index (χ4n) is 1.68. The smallest absolute Gasteiger partial charge is 0.309 e. The maximum Gasteiger partial charge on any atom is 0.309 e. The van der Waals surface area contributed by atoms with Crippen molar-refractivity contribution in [1.82, 2.24) is 14.7 Å². The van der Waals surface area contributed by atoms with Gasteiger partial charge in [0.1, 0.15) is 0 Å². The van der Waals surface area contributed by atoms with Crippen molar-refractivity contribution >= 4 is 21.9 Å². The number of carboxylic acids is 1. The first-order valence-corrected chi connectivity index (χ1v) is 5.48. The van der Waals surface area contributed by atoms with Crippen LogP contribution in [0.2, 0.25) is 0 Å². The minimum Gasteiger partial charge on any atom is -0.481 e. The van der Waals surface area contributed by atoms with Crippen molar-refractivity contribution in [2.45, 2.75) is 6.54 Å². The first-order valence-electron chi connectivity index (χ1n) is 4.69. The summed E-state index contributed by atoms with van der Waals surface area (Å²) in [6.07, 6.45) is 1.75. The summed E-state index contributed by atoms with van der Waals surface area (Å²) in [4.78, 5) is 12.7. The molecule has 1 aliphatic heterocycles. The van der Waals surface area contributed by atoms with Crippen molar-refractivity contribution in [3.63, 3.8) is 0 Å². The molecule has 0 aromatic carbocycles. The molecule has 0 amide bonds. The largest absolute Gasteiger partial charge is 0.481 e. The molecule has 1 aliphatic rings. The van der Waals surface area contributed by atoms with Crippen LogP contribution >= 0.6 is 15.9 Å². The van der Waals surface area contributed by atoms with Crippen LogP contribution in [0.4, 0.5) is 0 Å². The lowest BCUT2D eigenvalue weighted by atomic mass is 10.0. The standard InChI is InChI=1S/C9H12BrN3O2/c1-12-8(7(10)2-11-12)5-13-3-6(4-13)9(14)15/h2,6H,3-5H2,1H3,(H,14,15). The molecule has 5 nitrogen and oxygen atoms in total. The molecule has 0 radical (unpaired) electrons. The lowest BCUT2D eigenvalue weighted by Crippen LogP contribution is -2.49. The van der Waals surface area contributed by atoms with Gasteiger partial charge in [0.15, 0.2) is 0 Å². The van der Waals surface area contributed by atoms with E-state index >= 15 is 0 Å². The summed E-state index contributed by atoms with van der Waals surface area (Å²) in [5.74, 6) is -0.896. The number of nitrogens with zero attached hydrogens (tertiary/aromatic N) is 3. The lowest BCUT2D eigenvalue weighted by Gasteiger charge is -2.36. The topological polar surface area (TPSA) is 58.4 Å². The number of carboxylic acid groups (broad SMARTS) is 1. The van der Waals surface area contributed by atoms with Crippen LogP contribution in [0, 0.1) is 5.92 Å². The van der Waals surface area contributed by atoms with Crippen LogP contribution in [0.1, 0.15) is 5.69 Å². The highest BCUT2D eigenvalue weighted by molar-refractivity contribution is 9.10. The minimum atomic E-state index is -0.699. The fraction of sp³-hybridized carbons (Fsp3) is 0.556. The van der Waals surface area contributed by atoms with Gasteiger partial charge < -0.3 is 5.11 Å². The van der Waals surface area contributed by atoms with E-state index in [1.807, 2.05) is 7.05 Å². The molecular formula is C9H12BrN3O2. The highest BCUT2D eigenvalue weighted by Gasteiger charge is 2.32. The van der Waals surface area contributed by atoms with Gasteiger partial charge in [-0.3, -0.25) is 14.4 Å². The Kier molecular flexibility index (Phi) is 2.79. The normalized spacial score (nSPS) is 17.7. The summed E-state index contributed by atoms with van der Waals surface area (Å²) >= 11 is 3.42. The number of carbonyl (C=O) groups is 1. The van der Waals surface area contributed by atoms with Crippen molar-refractivity contribution in [2.75, 3.05) is 13.1 Å². The van der Waals surface area contributed by atoms with Crippen LogP contribution in [-0.4, -0.2) is 38.8 Å². The van der Waals surface area contributed by atoms with Crippen LogP contribution < -0.4 is 0 Å². The molecular weight excluding hydrogens is 262 g/mol. The van der Waals surface area contributed by atoms with Gasteiger partial charge in [-0.2, -0.15) is 5.10 Å². The molecule has 0 aliphatic carbocycles. The van der Waals surface area contributed by atoms with Crippen LogP contribution in [0.15, 0.2) is 10.7 Å². The number of hydrogen-bond acceptors (Lipinski definition) is 3. The van der Waals surface area contributed by atoms with Gasteiger partial charge in [0.05, 0.1) is 22.3 Å². The molecule has 82 valence electrons. The highest BCUT2D eigenvalue weighted by atomic mass is 79.9. The van der Waals surface area contributed by atoms with Crippen molar-refractivity contribution in [1.29, 1.82) is 0 Å². The number of aliphatic carboxylic acids is 1. The van der Waals surface area contributed by atoms with E-state index in [4.69, 9.17) is 5.11 Å². The Morgan fingerprint density at radius 3 is 2.87 bits per heavy atom. The van der Waals surface area contributed by atoms with Gasteiger partial charge in [0.25, 0.3) is 0 Å². The van der Waals surface area contributed by atoms with E-state index in [0.29, 0.717) is 13.1 Å². The Morgan fingerprint density at radius 1 is 1.73 bits per heavy atom. The molecule has 0 spiro atoms. The van der Waals surface area contributed by atoms with Crippen molar-refractivity contribution in [3.8, 4) is 0 Å². The maximum absolute atomic E-state index is 10.6. The SMILES string of the molecule is Cn1ncc(Br)c1CN1CC(C(=O)O)C1. The fourth-order valence-corrected chi connectivity index (χ4v) is 2.15. The van der Waals surface area contributed by atoms with Crippen LogP contribution in [0.25, 0.3) is 0 Å². The molecule has 1 saturated heterocycles. The first kappa shape index (κ1) is 10.6. The van der Waals surface area contributed by atoms with E-state index in [-0.39, 0.29) is 5.92 Å². The van der Waals surface area contributed by atoms with Gasteiger partial charge in [0, 0.05) is 26.7 Å². The second-order valence-electron chi connectivity index (χ2n) is 3.79. The lowest BCUT2D eigenvalue weighted by molar-refractivity contribution is -0.147. The molecule has 2 heterocycles. The van der Waals surface area contributed by atoms with E-state index in [0.717, 1.165) is 16.7 Å². The zero-order valence-electron chi connectivity index (χ0n) is 8.35. The minimum absolute atomic E-state index is 0.197. The molecule has 0 unspecified atom stereocenters. The van der Waals surface area contributed by atoms with E-state index in [1.54, 1.807) is 10.9 Å². The average molecular weight is 274 g/mol. The molecule has 1 aromatic rings. The third-order valence-corrected chi connectivity index (χ3v) is 3.35. The average Bonchev–Trinajstić information content (AvgIpc) is 2.39. The van der Waals surface area contributed by atoms with Crippen molar-refractivity contribution < 1.29 is 9.90 Å². The van der Waals surface area contributed by atoms with Gasteiger partial charge in [-0.05, 0) is 15.9 Å². The molecule has 1 fully saturated rings. The van der Waals surface area contributed by atoms with E-state index in [2.05, 4.69) is 25.9 Å². The van der Waals surface area contributed by atoms with Crippen LogP contribution in [-0.2, 0) is 18.4 Å². The number of hydrogen-bond donors (Lipinski definition) is 1. The molecule has 6 heteroatoms. The summed E-state index contributed by atoms with van der Waals surface area (Å²) < 4.78 is 2.78. The Labute approximate surface area is 95.8 Å². The van der Waals surface area contributed by atoms with Crippen molar-refractivity contribution in [3.05, 3.63) is 16.4 Å². The zero-order valence-corrected chi connectivity index (χ0v) is 9.94. The summed E-state index contributed by atoms with van der Waals surface area (Å²) in [5.41, 5.74) is 1.08. The Bertz CT molecular complexity index is 365. The van der Waals surface area contributed by atoms with E-state index < -0.39 is 5.97 Å². The molecule has 1 aromatic heterocycles. The zero-order chi connectivity index (χ0) is 11.0. The summed E-state index contributed by atoms with van der Waals surface area (Å²) in [5, 5.41) is 12.8. The monoisotopic (exact) mass is 273 g/mol. The maximum atomic E-state index is 10.6. The third kappa shape index (κ3) is 2.05. The van der Waals surface area contributed by atoms with Gasteiger partial charge >= 0.3 is 5.97 Å². The summed E-state index contributed by atoms with van der Waals surface area (Å²) in [7, 11) is 1.88. The molecule has 0 atom stereocenters. The van der Waals surface area contributed by atoms with Gasteiger partial charge in [-0.15, -0.1) is 0 Å². The second-order valence-corrected chi connectivity index (χ2v) is 4.65. The number of likely N-dealkylation sites (tertiary alicyclic amines) is 1. The number of aromatic nitrogens is 2. The number of aryl methyl sites for hydroxylation is 1. The third-order valence-electron chi connectivity index (χ3n) is 2.69. The van der Waals surface area contributed by atoms with Crippen LogP contribution in [0.3, 0.4) is 0 Å². The molecule has 2 rings (SSSR count). The van der Waals surface area contributed by atoms with Gasteiger partial charge in [-0.1, -0.05) is 0 Å². The summed E-state index contributed by atoms with van der Waals surface area (Å²) in [6, 6.07) is 0. The van der Waals surface area contributed by atoms with E-state index in [1.165, 1.54) is 0 Å². The molecule has 0 bridgehead atoms. The predicted molar refractivity (Wildman–Crippen MR) is 57.3 cm³/mol. The summed E-state index contributed by atoms with van der Waals surface area (Å²) in [6.45, 7) is 2.01. The molecule has 0 saturated carbocycles. The van der Waals surface area contributed by atoms with Gasteiger partial charge in [0.2, 0.25) is 0 Å². The van der Waals surface area contributed by atoms with E-state index in [9.17, 15) is 4.79 Å². The Morgan fingerprint density at radius 2 is 2.40 bits per heavy atom. The molecule has 15 heavy (non-hydrogen) atoms. The second kappa shape index (κ2) is 3.94. The highest BCUT2D eigenvalue weighted by Crippen LogP contribution is 2.22. The Hall–Kier alpha value is -0.880. The predicted octanol–water partition coefficient (Wildman–Crippen LogP) is 0.699. The quantitative estimate of drug-likeness (QED) is 0.881.